The van der Waals surface area contributed by atoms with Crippen molar-refractivity contribution >= 4 is 10.0 Å². The smallest absolute Gasteiger partial charge is 0.238 e. The molecule has 0 saturated carbocycles. The van der Waals surface area contributed by atoms with E-state index in [0.29, 0.717) is 35.0 Å². The van der Waals surface area contributed by atoms with Crippen LogP contribution in [0, 0.1) is 13.8 Å². The molecule has 0 aliphatic rings. The highest BCUT2D eigenvalue weighted by Gasteiger charge is 2.16. The first-order valence-electron chi connectivity index (χ1n) is 6.40. The predicted molar refractivity (Wildman–Crippen MR) is 75.3 cm³/mol. The van der Waals surface area contributed by atoms with Crippen molar-refractivity contribution in [2.75, 3.05) is 0 Å². The van der Waals surface area contributed by atoms with Crippen LogP contribution in [0.4, 0.5) is 0 Å². The zero-order chi connectivity index (χ0) is 15.6. The molecule has 2 aromatic rings. The van der Waals surface area contributed by atoms with Gasteiger partial charge in [-0.1, -0.05) is 12.1 Å². The van der Waals surface area contributed by atoms with E-state index in [9.17, 15) is 8.42 Å². The van der Waals surface area contributed by atoms with E-state index in [-0.39, 0.29) is 11.5 Å². The van der Waals surface area contributed by atoms with Crippen LogP contribution in [-0.2, 0) is 23.1 Å². The van der Waals surface area contributed by atoms with Gasteiger partial charge in [0.25, 0.3) is 0 Å². The Morgan fingerprint density at radius 1 is 1.29 bits per heavy atom. The van der Waals surface area contributed by atoms with Crippen molar-refractivity contribution in [2.24, 2.45) is 5.14 Å². The number of nitrogens with zero attached hydrogens (tertiary/aromatic N) is 2. The number of rotatable bonds is 5. The van der Waals surface area contributed by atoms with Crippen LogP contribution in [0.5, 0.6) is 5.75 Å². The van der Waals surface area contributed by atoms with Gasteiger partial charge in [0.15, 0.2) is 6.61 Å². The van der Waals surface area contributed by atoms with Crippen LogP contribution in [0.15, 0.2) is 21.6 Å². The van der Waals surface area contributed by atoms with Crippen molar-refractivity contribution in [3.8, 4) is 5.75 Å². The molecule has 0 bridgehead atoms. The van der Waals surface area contributed by atoms with E-state index in [2.05, 4.69) is 10.1 Å². The lowest BCUT2D eigenvalue weighted by molar-refractivity contribution is 0.283. The van der Waals surface area contributed by atoms with Crippen LogP contribution in [0.1, 0.15) is 29.8 Å². The first kappa shape index (κ1) is 15.5. The number of nitrogens with two attached hydrogens (primary N) is 1. The molecule has 0 fully saturated rings. The molecule has 2 N–H and O–H groups in total. The summed E-state index contributed by atoms with van der Waals surface area (Å²) in [7, 11) is -3.74. The molecule has 1 aromatic heterocycles. The summed E-state index contributed by atoms with van der Waals surface area (Å²) >= 11 is 0. The molecule has 1 heterocycles. The number of ether oxygens (including phenoxy) is 1. The summed E-state index contributed by atoms with van der Waals surface area (Å²) in [5, 5.41) is 8.94. The van der Waals surface area contributed by atoms with E-state index >= 15 is 0 Å². The van der Waals surface area contributed by atoms with Crippen molar-refractivity contribution in [3.63, 3.8) is 0 Å². The van der Waals surface area contributed by atoms with Crippen LogP contribution >= 0.6 is 0 Å². The molecular formula is C13H17N3O4S. The number of primary sulfonamides is 1. The highest BCUT2D eigenvalue weighted by Crippen LogP contribution is 2.26. The minimum Gasteiger partial charge on any atom is -0.485 e. The third kappa shape index (κ3) is 3.40. The Labute approximate surface area is 123 Å². The number of hydrogen-bond acceptors (Lipinski definition) is 6. The highest BCUT2D eigenvalue weighted by molar-refractivity contribution is 7.89. The number of hydrogen-bond donors (Lipinski definition) is 1. The van der Waals surface area contributed by atoms with Crippen LogP contribution in [0.3, 0.4) is 0 Å². The molecule has 0 saturated heterocycles. The maximum Gasteiger partial charge on any atom is 0.238 e. The van der Waals surface area contributed by atoms with Crippen molar-refractivity contribution in [1.29, 1.82) is 0 Å². The largest absolute Gasteiger partial charge is 0.485 e. The zero-order valence-corrected chi connectivity index (χ0v) is 12.9. The van der Waals surface area contributed by atoms with Gasteiger partial charge in [-0.15, -0.1) is 0 Å². The van der Waals surface area contributed by atoms with E-state index in [1.54, 1.807) is 19.9 Å². The summed E-state index contributed by atoms with van der Waals surface area (Å²) in [6.07, 6.45) is 0.661. The van der Waals surface area contributed by atoms with Crippen molar-refractivity contribution in [3.05, 3.63) is 35.0 Å². The lowest BCUT2D eigenvalue weighted by Crippen LogP contribution is -2.14. The Morgan fingerprint density at radius 3 is 2.57 bits per heavy atom. The molecule has 0 unspecified atom stereocenters. The van der Waals surface area contributed by atoms with Gasteiger partial charge in [0, 0.05) is 6.42 Å². The van der Waals surface area contributed by atoms with Gasteiger partial charge in [-0.25, -0.2) is 13.6 Å². The number of aryl methyl sites for hydroxylation is 1. The normalized spacial score (nSPS) is 11.6. The summed E-state index contributed by atoms with van der Waals surface area (Å²) in [5.74, 6) is 1.55. The Bertz CT molecular complexity index is 753. The lowest BCUT2D eigenvalue weighted by Gasteiger charge is -2.12. The second-order valence-electron chi connectivity index (χ2n) is 4.60. The molecule has 0 aliphatic carbocycles. The third-order valence-electron chi connectivity index (χ3n) is 3.16. The average Bonchev–Trinajstić information content (AvgIpc) is 2.87. The van der Waals surface area contributed by atoms with E-state index in [0.717, 1.165) is 0 Å². The van der Waals surface area contributed by atoms with E-state index in [4.69, 9.17) is 14.4 Å². The average molecular weight is 311 g/mol. The molecule has 7 nitrogen and oxygen atoms in total. The van der Waals surface area contributed by atoms with Gasteiger partial charge in [-0.2, -0.15) is 4.98 Å². The molecule has 1 aromatic carbocycles. The first-order valence-corrected chi connectivity index (χ1v) is 7.94. The minimum absolute atomic E-state index is 0.0974. The summed E-state index contributed by atoms with van der Waals surface area (Å²) in [6, 6.07) is 3.00. The maximum absolute atomic E-state index is 11.4. The molecular weight excluding hydrogens is 294 g/mol. The van der Waals surface area contributed by atoms with Crippen molar-refractivity contribution in [1.82, 2.24) is 10.1 Å². The second kappa shape index (κ2) is 5.82. The highest BCUT2D eigenvalue weighted by atomic mass is 32.2. The Morgan fingerprint density at radius 2 is 2.00 bits per heavy atom. The van der Waals surface area contributed by atoms with Crippen LogP contribution in [-0.4, -0.2) is 18.6 Å². The predicted octanol–water partition coefficient (Wildman–Crippen LogP) is 1.48. The fourth-order valence-electron chi connectivity index (χ4n) is 1.87. The topological polar surface area (TPSA) is 108 Å². The van der Waals surface area contributed by atoms with Crippen LogP contribution in [0.2, 0.25) is 0 Å². The molecule has 0 radical (unpaired) electrons. The second-order valence-corrected chi connectivity index (χ2v) is 6.13. The van der Waals surface area contributed by atoms with Crippen LogP contribution in [0.25, 0.3) is 0 Å². The van der Waals surface area contributed by atoms with Gasteiger partial charge in [0.2, 0.25) is 21.7 Å². The van der Waals surface area contributed by atoms with Gasteiger partial charge in [-0.3, -0.25) is 0 Å². The summed E-state index contributed by atoms with van der Waals surface area (Å²) in [4.78, 5) is 4.23. The SMILES string of the molecule is CCc1nc(COc2ccc(S(N)(=O)=O)c(C)c2C)no1. The Kier molecular flexibility index (Phi) is 4.29. The maximum atomic E-state index is 11.4. The number of sulfonamides is 1. The van der Waals surface area contributed by atoms with Gasteiger partial charge in [0.1, 0.15) is 5.75 Å². The summed E-state index contributed by atoms with van der Waals surface area (Å²) in [6.45, 7) is 5.52. The van der Waals surface area contributed by atoms with E-state index in [1.807, 2.05) is 6.92 Å². The molecule has 0 spiro atoms. The van der Waals surface area contributed by atoms with E-state index in [1.165, 1.54) is 6.07 Å². The molecule has 0 aliphatic heterocycles. The summed E-state index contributed by atoms with van der Waals surface area (Å²) in [5.41, 5.74) is 1.28. The number of benzene rings is 1. The van der Waals surface area contributed by atoms with E-state index < -0.39 is 10.0 Å². The molecule has 2 rings (SSSR count). The summed E-state index contributed by atoms with van der Waals surface area (Å²) < 4.78 is 33.5. The zero-order valence-electron chi connectivity index (χ0n) is 12.1. The van der Waals surface area contributed by atoms with Crippen molar-refractivity contribution < 1.29 is 17.7 Å². The lowest BCUT2D eigenvalue weighted by atomic mass is 10.1. The molecule has 0 amide bonds. The quantitative estimate of drug-likeness (QED) is 0.895. The minimum atomic E-state index is -3.74. The van der Waals surface area contributed by atoms with Gasteiger partial charge >= 0.3 is 0 Å². The fourth-order valence-corrected chi connectivity index (χ4v) is 2.71. The van der Waals surface area contributed by atoms with Crippen LogP contribution < -0.4 is 9.88 Å². The number of aromatic nitrogens is 2. The molecule has 8 heteroatoms. The van der Waals surface area contributed by atoms with Crippen molar-refractivity contribution in [2.45, 2.75) is 38.7 Å². The standard InChI is InChI=1S/C13H17N3O4S/c1-4-13-15-12(16-20-13)7-19-10-5-6-11(21(14,17)18)9(3)8(10)2/h5-6H,4,7H2,1-3H3,(H2,14,17,18). The van der Waals surface area contributed by atoms with Gasteiger partial charge in [-0.05, 0) is 37.1 Å². The van der Waals surface area contributed by atoms with Gasteiger partial charge < -0.3 is 9.26 Å². The van der Waals surface area contributed by atoms with Gasteiger partial charge in [0.05, 0.1) is 4.90 Å². The molecule has 21 heavy (non-hydrogen) atoms. The third-order valence-corrected chi connectivity index (χ3v) is 4.22. The molecule has 0 atom stereocenters. The Balaban J connectivity index is 2.20. The fraction of sp³-hybridized carbons (Fsp3) is 0.385. The molecule has 114 valence electrons. The Hall–Kier alpha value is -1.93. The first-order chi connectivity index (χ1) is 9.82. The monoisotopic (exact) mass is 311 g/mol.